The molecule has 1 N–H and O–H groups in total. The zero-order chi connectivity index (χ0) is 13.8. The third kappa shape index (κ3) is 3.06. The average Bonchev–Trinajstić information content (AvgIpc) is 2.92. The van der Waals surface area contributed by atoms with Gasteiger partial charge in [0.2, 0.25) is 0 Å². The number of hydrogen-bond donors (Lipinski definition) is 1. The number of nitrogens with one attached hydrogen (secondary N) is 1. The van der Waals surface area contributed by atoms with Crippen LogP contribution in [0.2, 0.25) is 0 Å². The van der Waals surface area contributed by atoms with Crippen LogP contribution in [0, 0.1) is 6.92 Å². The zero-order valence-electron chi connectivity index (χ0n) is 11.3. The Kier molecular flexibility index (Phi) is 3.79. The molecule has 0 saturated heterocycles. The summed E-state index contributed by atoms with van der Waals surface area (Å²) < 4.78 is 0. The molecule has 0 atom stereocenters. The zero-order valence-corrected chi connectivity index (χ0v) is 12.2. The fraction of sp³-hybridized carbons (Fsp3) is 0.118. The van der Waals surface area contributed by atoms with E-state index in [1.165, 1.54) is 11.1 Å². The monoisotopic (exact) mass is 280 g/mol. The second-order valence-electron chi connectivity index (χ2n) is 4.68. The fourth-order valence-corrected chi connectivity index (χ4v) is 2.78. The van der Waals surface area contributed by atoms with Crippen LogP contribution in [0.5, 0.6) is 0 Å². The van der Waals surface area contributed by atoms with Crippen LogP contribution in [-0.4, -0.2) is 4.98 Å². The maximum absolute atomic E-state index is 4.45. The van der Waals surface area contributed by atoms with Crippen molar-refractivity contribution < 1.29 is 0 Å². The first-order valence-electron chi connectivity index (χ1n) is 6.61. The van der Waals surface area contributed by atoms with Gasteiger partial charge in [-0.25, -0.2) is 4.98 Å². The van der Waals surface area contributed by atoms with Crippen molar-refractivity contribution in [3.63, 3.8) is 0 Å². The Hall–Kier alpha value is -2.13. The lowest BCUT2D eigenvalue weighted by molar-refractivity contribution is 1.08. The first-order valence-corrected chi connectivity index (χ1v) is 7.49. The summed E-state index contributed by atoms with van der Waals surface area (Å²) in [6.45, 7) is 2.80. The summed E-state index contributed by atoms with van der Waals surface area (Å²) in [5.41, 5.74) is 4.69. The van der Waals surface area contributed by atoms with E-state index in [2.05, 4.69) is 64.2 Å². The molecule has 3 heteroatoms. The Morgan fingerprint density at radius 3 is 2.30 bits per heavy atom. The van der Waals surface area contributed by atoms with Crippen LogP contribution in [0.1, 0.15) is 10.7 Å². The van der Waals surface area contributed by atoms with Gasteiger partial charge in [-0.3, -0.25) is 0 Å². The van der Waals surface area contributed by atoms with E-state index in [4.69, 9.17) is 0 Å². The van der Waals surface area contributed by atoms with Gasteiger partial charge in [0.1, 0.15) is 5.01 Å². The highest BCUT2D eigenvalue weighted by Gasteiger charge is 2.00. The number of hydrogen-bond acceptors (Lipinski definition) is 3. The van der Waals surface area contributed by atoms with Crippen LogP contribution < -0.4 is 5.32 Å². The topological polar surface area (TPSA) is 24.9 Å². The predicted octanol–water partition coefficient (Wildman–Crippen LogP) is 4.73. The van der Waals surface area contributed by atoms with Crippen molar-refractivity contribution in [2.24, 2.45) is 0 Å². The van der Waals surface area contributed by atoms with E-state index in [1.54, 1.807) is 11.3 Å². The van der Waals surface area contributed by atoms with E-state index in [9.17, 15) is 0 Å². The number of anilines is 1. The summed E-state index contributed by atoms with van der Waals surface area (Å²) in [5, 5.41) is 6.60. The highest BCUT2D eigenvalue weighted by Crippen LogP contribution is 2.21. The number of aromatic nitrogens is 1. The molecule has 20 heavy (non-hydrogen) atoms. The van der Waals surface area contributed by atoms with Crippen LogP contribution in [0.25, 0.3) is 11.1 Å². The van der Waals surface area contributed by atoms with Crippen molar-refractivity contribution >= 4 is 17.0 Å². The van der Waals surface area contributed by atoms with E-state index >= 15 is 0 Å². The first kappa shape index (κ1) is 12.9. The molecule has 0 amide bonds. The molecule has 3 rings (SSSR count). The van der Waals surface area contributed by atoms with Gasteiger partial charge in [0, 0.05) is 16.8 Å². The number of aryl methyl sites for hydroxylation is 1. The summed E-state index contributed by atoms with van der Waals surface area (Å²) in [7, 11) is 0. The lowest BCUT2D eigenvalue weighted by Crippen LogP contribution is -1.98. The minimum atomic E-state index is 0.781. The maximum atomic E-state index is 4.45. The van der Waals surface area contributed by atoms with E-state index in [-0.39, 0.29) is 0 Å². The molecule has 2 nitrogen and oxygen atoms in total. The second-order valence-corrected chi connectivity index (χ2v) is 5.62. The minimum absolute atomic E-state index is 0.781. The van der Waals surface area contributed by atoms with Crippen molar-refractivity contribution in [1.82, 2.24) is 4.98 Å². The van der Waals surface area contributed by atoms with Crippen LogP contribution in [0.4, 0.5) is 5.69 Å². The van der Waals surface area contributed by atoms with Crippen LogP contribution in [0.15, 0.2) is 60.0 Å². The van der Waals surface area contributed by atoms with Gasteiger partial charge in [-0.1, -0.05) is 42.5 Å². The molecule has 0 unspecified atom stereocenters. The molecular weight excluding hydrogens is 264 g/mol. The molecule has 1 heterocycles. The summed E-state index contributed by atoms with van der Waals surface area (Å²) in [6, 6.07) is 18.9. The Morgan fingerprint density at radius 2 is 1.65 bits per heavy atom. The van der Waals surface area contributed by atoms with E-state index in [1.807, 2.05) is 13.0 Å². The molecule has 0 aliphatic carbocycles. The SMILES string of the molecule is Cc1csc(CNc2ccc(-c3ccccc3)cc2)n1. The first-order chi connectivity index (χ1) is 9.81. The molecule has 0 fully saturated rings. The summed E-state index contributed by atoms with van der Waals surface area (Å²) in [6.07, 6.45) is 0. The summed E-state index contributed by atoms with van der Waals surface area (Å²) in [5.74, 6) is 0. The third-order valence-corrected chi connectivity index (χ3v) is 4.07. The van der Waals surface area contributed by atoms with E-state index in [0.717, 1.165) is 22.9 Å². The van der Waals surface area contributed by atoms with Gasteiger partial charge in [-0.05, 0) is 30.2 Å². The lowest BCUT2D eigenvalue weighted by Gasteiger charge is -2.06. The Bertz CT molecular complexity index is 672. The normalized spacial score (nSPS) is 10.4. The van der Waals surface area contributed by atoms with E-state index in [0.29, 0.717) is 0 Å². The largest absolute Gasteiger partial charge is 0.379 e. The standard InChI is InChI=1S/C17H16N2S/c1-13-12-20-17(19-13)11-18-16-9-7-15(8-10-16)14-5-3-2-4-6-14/h2-10,12,18H,11H2,1H3. The average molecular weight is 280 g/mol. The highest BCUT2D eigenvalue weighted by atomic mass is 32.1. The molecule has 0 aliphatic rings. The van der Waals surface area contributed by atoms with Crippen molar-refractivity contribution in [3.8, 4) is 11.1 Å². The fourth-order valence-electron chi connectivity index (χ4n) is 2.07. The van der Waals surface area contributed by atoms with Crippen molar-refractivity contribution in [3.05, 3.63) is 70.7 Å². The van der Waals surface area contributed by atoms with Crippen LogP contribution >= 0.6 is 11.3 Å². The van der Waals surface area contributed by atoms with Crippen LogP contribution in [-0.2, 0) is 6.54 Å². The molecule has 0 radical (unpaired) electrons. The highest BCUT2D eigenvalue weighted by molar-refractivity contribution is 7.09. The van der Waals surface area contributed by atoms with Crippen molar-refractivity contribution in [2.45, 2.75) is 13.5 Å². The second kappa shape index (κ2) is 5.88. The molecule has 0 bridgehead atoms. The third-order valence-electron chi connectivity index (χ3n) is 3.10. The number of benzene rings is 2. The molecule has 0 aliphatic heterocycles. The van der Waals surface area contributed by atoms with Crippen LogP contribution in [0.3, 0.4) is 0 Å². The molecule has 3 aromatic rings. The smallest absolute Gasteiger partial charge is 0.112 e. The molecule has 2 aromatic carbocycles. The van der Waals surface area contributed by atoms with Gasteiger partial charge >= 0.3 is 0 Å². The Morgan fingerprint density at radius 1 is 0.950 bits per heavy atom. The maximum Gasteiger partial charge on any atom is 0.112 e. The lowest BCUT2D eigenvalue weighted by atomic mass is 10.1. The molecule has 100 valence electrons. The number of thiazole rings is 1. The van der Waals surface area contributed by atoms with Gasteiger partial charge in [0.15, 0.2) is 0 Å². The van der Waals surface area contributed by atoms with Crippen molar-refractivity contribution in [2.75, 3.05) is 5.32 Å². The quantitative estimate of drug-likeness (QED) is 0.747. The van der Waals surface area contributed by atoms with Gasteiger partial charge in [0.25, 0.3) is 0 Å². The van der Waals surface area contributed by atoms with Gasteiger partial charge in [-0.2, -0.15) is 0 Å². The van der Waals surface area contributed by atoms with E-state index < -0.39 is 0 Å². The minimum Gasteiger partial charge on any atom is -0.379 e. The summed E-state index contributed by atoms with van der Waals surface area (Å²) >= 11 is 1.70. The summed E-state index contributed by atoms with van der Waals surface area (Å²) in [4.78, 5) is 4.45. The van der Waals surface area contributed by atoms with Gasteiger partial charge in [0.05, 0.1) is 6.54 Å². The number of rotatable bonds is 4. The molecule has 1 aromatic heterocycles. The molecule has 0 saturated carbocycles. The number of nitrogens with zero attached hydrogens (tertiary/aromatic N) is 1. The van der Waals surface area contributed by atoms with Gasteiger partial charge in [-0.15, -0.1) is 11.3 Å². The van der Waals surface area contributed by atoms with Crippen molar-refractivity contribution in [1.29, 1.82) is 0 Å². The Balaban J connectivity index is 1.67. The molecule has 0 spiro atoms. The Labute approximate surface area is 123 Å². The predicted molar refractivity (Wildman–Crippen MR) is 86.1 cm³/mol. The molecular formula is C17H16N2S. The van der Waals surface area contributed by atoms with Gasteiger partial charge < -0.3 is 5.32 Å².